The van der Waals surface area contributed by atoms with Crippen LogP contribution in [-0.4, -0.2) is 17.6 Å². The standard InChI is InChI=1S/C21H14Cl2N2O3/c1-2-27-21(26)15-11-14(12-24)20(25-19(15)13-7-4-3-5-8-13)28-17-10-6-9-16(22)18(17)23/h3-11H,2H2,1H3. The third-order valence-corrected chi connectivity index (χ3v) is 4.57. The maximum Gasteiger partial charge on any atom is 0.340 e. The van der Waals surface area contributed by atoms with Crippen molar-refractivity contribution in [1.29, 1.82) is 5.26 Å². The van der Waals surface area contributed by atoms with E-state index in [1.54, 1.807) is 37.3 Å². The number of rotatable bonds is 5. The van der Waals surface area contributed by atoms with Crippen LogP contribution in [0.5, 0.6) is 11.6 Å². The van der Waals surface area contributed by atoms with E-state index < -0.39 is 5.97 Å². The lowest BCUT2D eigenvalue weighted by atomic mass is 10.0. The Morgan fingerprint density at radius 1 is 1.14 bits per heavy atom. The number of esters is 1. The summed E-state index contributed by atoms with van der Waals surface area (Å²) in [5.74, 6) is -0.308. The van der Waals surface area contributed by atoms with Crippen LogP contribution in [0.2, 0.25) is 10.0 Å². The van der Waals surface area contributed by atoms with Gasteiger partial charge in [0.15, 0.2) is 0 Å². The van der Waals surface area contributed by atoms with Crippen LogP contribution in [0.25, 0.3) is 11.3 Å². The van der Waals surface area contributed by atoms with E-state index in [2.05, 4.69) is 4.98 Å². The molecule has 140 valence electrons. The van der Waals surface area contributed by atoms with Gasteiger partial charge < -0.3 is 9.47 Å². The van der Waals surface area contributed by atoms with Gasteiger partial charge in [0.1, 0.15) is 22.4 Å². The van der Waals surface area contributed by atoms with E-state index in [1.165, 1.54) is 6.07 Å². The molecule has 0 spiro atoms. The molecular weight excluding hydrogens is 399 g/mol. The first-order chi connectivity index (χ1) is 13.5. The van der Waals surface area contributed by atoms with E-state index in [0.717, 1.165) is 0 Å². The fourth-order valence-electron chi connectivity index (χ4n) is 2.50. The molecule has 0 aliphatic heterocycles. The first-order valence-corrected chi connectivity index (χ1v) is 9.10. The van der Waals surface area contributed by atoms with Crippen LogP contribution in [0.4, 0.5) is 0 Å². The summed E-state index contributed by atoms with van der Waals surface area (Å²) in [7, 11) is 0. The molecule has 3 rings (SSSR count). The number of ether oxygens (including phenoxy) is 2. The van der Waals surface area contributed by atoms with Gasteiger partial charge in [-0.3, -0.25) is 0 Å². The van der Waals surface area contributed by atoms with Crippen molar-refractivity contribution in [1.82, 2.24) is 4.98 Å². The van der Waals surface area contributed by atoms with Crippen molar-refractivity contribution >= 4 is 29.2 Å². The quantitative estimate of drug-likeness (QED) is 0.488. The number of pyridine rings is 1. The molecule has 1 heterocycles. The number of halogens is 2. The van der Waals surface area contributed by atoms with E-state index in [-0.39, 0.29) is 34.4 Å². The number of carbonyl (C=O) groups excluding carboxylic acids is 1. The van der Waals surface area contributed by atoms with Crippen LogP contribution in [-0.2, 0) is 4.74 Å². The van der Waals surface area contributed by atoms with Crippen LogP contribution < -0.4 is 4.74 Å². The lowest BCUT2D eigenvalue weighted by Crippen LogP contribution is -2.09. The van der Waals surface area contributed by atoms with Gasteiger partial charge >= 0.3 is 5.97 Å². The number of carbonyl (C=O) groups is 1. The summed E-state index contributed by atoms with van der Waals surface area (Å²) in [6, 6.07) is 17.4. The number of nitriles is 1. The first kappa shape index (κ1) is 19.7. The molecule has 0 aliphatic carbocycles. The smallest absolute Gasteiger partial charge is 0.340 e. The molecule has 3 aromatic rings. The van der Waals surface area contributed by atoms with Gasteiger partial charge in [0.25, 0.3) is 0 Å². The second-order valence-corrected chi connectivity index (χ2v) is 6.37. The summed E-state index contributed by atoms with van der Waals surface area (Å²) in [5, 5.41) is 10.0. The monoisotopic (exact) mass is 412 g/mol. The van der Waals surface area contributed by atoms with Gasteiger partial charge in [0, 0.05) is 5.56 Å². The zero-order valence-corrected chi connectivity index (χ0v) is 16.3. The molecule has 0 N–H and O–H groups in total. The Balaban J connectivity index is 2.17. The number of nitrogens with zero attached hydrogens (tertiary/aromatic N) is 2. The first-order valence-electron chi connectivity index (χ1n) is 8.34. The van der Waals surface area contributed by atoms with Gasteiger partial charge in [-0.1, -0.05) is 59.6 Å². The highest BCUT2D eigenvalue weighted by molar-refractivity contribution is 6.42. The summed E-state index contributed by atoms with van der Waals surface area (Å²) < 4.78 is 10.9. The van der Waals surface area contributed by atoms with Crippen LogP contribution in [0.1, 0.15) is 22.8 Å². The molecule has 0 radical (unpaired) electrons. The van der Waals surface area contributed by atoms with E-state index >= 15 is 0 Å². The molecule has 1 aromatic heterocycles. The van der Waals surface area contributed by atoms with Gasteiger partial charge in [-0.15, -0.1) is 0 Å². The van der Waals surface area contributed by atoms with E-state index in [9.17, 15) is 10.1 Å². The third kappa shape index (κ3) is 4.09. The summed E-state index contributed by atoms with van der Waals surface area (Å²) >= 11 is 12.2. The Kier molecular flexibility index (Phi) is 6.15. The Morgan fingerprint density at radius 2 is 1.89 bits per heavy atom. The number of benzene rings is 2. The zero-order chi connectivity index (χ0) is 20.1. The molecular formula is C21H14Cl2N2O3. The van der Waals surface area contributed by atoms with E-state index in [4.69, 9.17) is 32.7 Å². The van der Waals surface area contributed by atoms with Crippen molar-refractivity contribution in [2.75, 3.05) is 6.61 Å². The van der Waals surface area contributed by atoms with Crippen molar-refractivity contribution in [2.45, 2.75) is 6.92 Å². The highest BCUT2D eigenvalue weighted by Gasteiger charge is 2.21. The fourth-order valence-corrected chi connectivity index (χ4v) is 2.83. The van der Waals surface area contributed by atoms with Gasteiger partial charge in [0.05, 0.1) is 22.9 Å². The minimum absolute atomic E-state index is 0.0126. The molecule has 7 heteroatoms. The number of aromatic nitrogens is 1. The molecule has 0 saturated heterocycles. The lowest BCUT2D eigenvalue weighted by molar-refractivity contribution is 0.0527. The lowest BCUT2D eigenvalue weighted by Gasteiger charge is -2.13. The van der Waals surface area contributed by atoms with Crippen molar-refractivity contribution in [2.24, 2.45) is 0 Å². The van der Waals surface area contributed by atoms with Crippen molar-refractivity contribution in [3.8, 4) is 29.0 Å². The molecule has 0 aliphatic rings. The van der Waals surface area contributed by atoms with Gasteiger partial charge in [-0.2, -0.15) is 5.26 Å². The minimum atomic E-state index is -0.572. The molecule has 0 fully saturated rings. The second kappa shape index (κ2) is 8.75. The summed E-state index contributed by atoms with van der Waals surface area (Å²) in [6.07, 6.45) is 0. The average molecular weight is 413 g/mol. The largest absolute Gasteiger partial charge is 0.462 e. The second-order valence-electron chi connectivity index (χ2n) is 5.59. The Hall–Kier alpha value is -3.07. The highest BCUT2D eigenvalue weighted by atomic mass is 35.5. The predicted octanol–water partition coefficient (Wildman–Crippen LogP) is 5.90. The number of hydrogen-bond acceptors (Lipinski definition) is 5. The Bertz CT molecular complexity index is 1060. The van der Waals surface area contributed by atoms with Crippen molar-refractivity contribution in [3.63, 3.8) is 0 Å². The molecule has 0 amide bonds. The topological polar surface area (TPSA) is 72.2 Å². The van der Waals surface area contributed by atoms with Gasteiger partial charge in [-0.25, -0.2) is 9.78 Å². The molecule has 28 heavy (non-hydrogen) atoms. The van der Waals surface area contributed by atoms with Crippen LogP contribution in [0.3, 0.4) is 0 Å². The zero-order valence-electron chi connectivity index (χ0n) is 14.8. The Morgan fingerprint density at radius 3 is 2.57 bits per heavy atom. The molecule has 2 aromatic carbocycles. The molecule has 0 bridgehead atoms. The Labute approximate surface area is 172 Å². The van der Waals surface area contributed by atoms with E-state index in [0.29, 0.717) is 16.3 Å². The fraction of sp³-hybridized carbons (Fsp3) is 0.0952. The number of hydrogen-bond donors (Lipinski definition) is 0. The molecule has 5 nitrogen and oxygen atoms in total. The predicted molar refractivity (Wildman–Crippen MR) is 107 cm³/mol. The summed E-state index contributed by atoms with van der Waals surface area (Å²) in [5.41, 5.74) is 1.26. The van der Waals surface area contributed by atoms with Crippen LogP contribution in [0.15, 0.2) is 54.6 Å². The minimum Gasteiger partial charge on any atom is -0.462 e. The van der Waals surface area contributed by atoms with E-state index in [1.807, 2.05) is 24.3 Å². The summed E-state index contributed by atoms with van der Waals surface area (Å²) in [6.45, 7) is 1.91. The van der Waals surface area contributed by atoms with Gasteiger partial charge in [-0.05, 0) is 25.1 Å². The molecule has 0 unspecified atom stereocenters. The highest BCUT2D eigenvalue weighted by Crippen LogP contribution is 2.36. The molecule has 0 atom stereocenters. The SMILES string of the molecule is CCOC(=O)c1cc(C#N)c(Oc2cccc(Cl)c2Cl)nc1-c1ccccc1. The van der Waals surface area contributed by atoms with Crippen molar-refractivity contribution < 1.29 is 14.3 Å². The maximum atomic E-state index is 12.4. The summed E-state index contributed by atoms with van der Waals surface area (Å²) in [4.78, 5) is 16.9. The van der Waals surface area contributed by atoms with Crippen LogP contribution in [0, 0.1) is 11.3 Å². The van der Waals surface area contributed by atoms with Crippen molar-refractivity contribution in [3.05, 3.63) is 75.8 Å². The normalized spacial score (nSPS) is 10.2. The average Bonchev–Trinajstić information content (AvgIpc) is 2.72. The third-order valence-electron chi connectivity index (χ3n) is 3.77. The maximum absolute atomic E-state index is 12.4. The van der Waals surface area contributed by atoms with Gasteiger partial charge in [0.2, 0.25) is 5.88 Å². The molecule has 0 saturated carbocycles. The van der Waals surface area contributed by atoms with Crippen LogP contribution >= 0.6 is 23.2 Å².